The number of carbonyl (C=O) groups is 2. The van der Waals surface area contributed by atoms with E-state index in [1.807, 2.05) is 0 Å². The zero-order valence-corrected chi connectivity index (χ0v) is 24.9. The molecule has 0 aromatic carbocycles. The van der Waals surface area contributed by atoms with Crippen molar-refractivity contribution in [3.63, 3.8) is 0 Å². The van der Waals surface area contributed by atoms with Gasteiger partial charge in [0.05, 0.1) is 26.3 Å². The van der Waals surface area contributed by atoms with E-state index in [4.69, 9.17) is 14.6 Å². The predicted molar refractivity (Wildman–Crippen MR) is 146 cm³/mol. The number of hydrogen-bond acceptors (Lipinski definition) is 12. The SMILES string of the molecule is CC(C)CC1CC(=O)N(C[C@]2(O)O[C@H](CO)[C@@H](O)[C@@H]2O)C1.CC(C)C[C@H]1CC(=O)N(CC2(O)OC[C@@H](O)[C@@H](O)[C@@H]2O)C1. The van der Waals surface area contributed by atoms with Gasteiger partial charge in [-0.05, 0) is 36.5 Å². The maximum atomic E-state index is 12.0. The smallest absolute Gasteiger partial charge is 0.223 e. The number of rotatable bonds is 9. The fourth-order valence-electron chi connectivity index (χ4n) is 6.39. The van der Waals surface area contributed by atoms with E-state index in [9.17, 15) is 45.3 Å². The number of aliphatic hydroxyl groups excluding tert-OH is 6. The second-order valence-corrected chi connectivity index (χ2v) is 13.2. The highest BCUT2D eigenvalue weighted by molar-refractivity contribution is 5.79. The van der Waals surface area contributed by atoms with Gasteiger partial charge in [-0.2, -0.15) is 0 Å². The molecule has 2 unspecified atom stereocenters. The fraction of sp³-hybridized carbons (Fsp3) is 0.929. The summed E-state index contributed by atoms with van der Waals surface area (Å²) >= 11 is 0. The molecule has 0 aliphatic carbocycles. The molecule has 0 aromatic heterocycles. The molecule has 0 bridgehead atoms. The fourth-order valence-corrected chi connectivity index (χ4v) is 6.39. The van der Waals surface area contributed by atoms with Gasteiger partial charge in [0.1, 0.15) is 36.6 Å². The van der Waals surface area contributed by atoms with Crippen LogP contribution < -0.4 is 0 Å². The van der Waals surface area contributed by atoms with E-state index in [1.165, 1.54) is 9.80 Å². The zero-order valence-electron chi connectivity index (χ0n) is 24.9. The number of amides is 2. The largest absolute Gasteiger partial charge is 0.394 e. The topological polar surface area (TPSA) is 221 Å². The predicted octanol–water partition coefficient (Wildman–Crippen LogP) is -2.63. The summed E-state index contributed by atoms with van der Waals surface area (Å²) in [5.74, 6) is -2.82. The number of ether oxygens (including phenoxy) is 2. The summed E-state index contributed by atoms with van der Waals surface area (Å²) in [4.78, 5) is 26.9. The third-order valence-electron chi connectivity index (χ3n) is 8.42. The number of β-amino-alcohol motifs (C(OH)–C–C–N with tert-alkyl or cyclic N) is 2. The highest BCUT2D eigenvalue weighted by Crippen LogP contribution is 2.33. The molecule has 4 rings (SSSR count). The molecule has 8 N–H and O–H groups in total. The van der Waals surface area contributed by atoms with Crippen LogP contribution in [-0.2, 0) is 19.1 Å². The van der Waals surface area contributed by atoms with Crippen molar-refractivity contribution in [2.24, 2.45) is 23.7 Å². The molecule has 42 heavy (non-hydrogen) atoms. The van der Waals surface area contributed by atoms with Crippen molar-refractivity contribution in [1.29, 1.82) is 0 Å². The van der Waals surface area contributed by atoms with E-state index in [-0.39, 0.29) is 43.3 Å². The molecule has 0 spiro atoms. The monoisotopic (exact) mass is 606 g/mol. The highest BCUT2D eigenvalue weighted by atomic mass is 16.7. The summed E-state index contributed by atoms with van der Waals surface area (Å²) in [6.45, 7) is 8.18. The van der Waals surface area contributed by atoms with Gasteiger partial charge in [0, 0.05) is 25.9 Å². The van der Waals surface area contributed by atoms with E-state index >= 15 is 0 Å². The summed E-state index contributed by atoms with van der Waals surface area (Å²) in [5.41, 5.74) is 0. The first-order valence-corrected chi connectivity index (χ1v) is 14.8. The van der Waals surface area contributed by atoms with Crippen molar-refractivity contribution < 1.29 is 59.9 Å². The van der Waals surface area contributed by atoms with Gasteiger partial charge in [0.2, 0.25) is 23.4 Å². The Balaban J connectivity index is 0.000000230. The molecule has 0 aromatic rings. The molecule has 4 aliphatic rings. The molecule has 4 heterocycles. The Bertz CT molecular complexity index is 883. The molecule has 4 aliphatic heterocycles. The van der Waals surface area contributed by atoms with Crippen molar-refractivity contribution in [2.45, 2.75) is 102 Å². The van der Waals surface area contributed by atoms with Crippen LogP contribution in [0.15, 0.2) is 0 Å². The standard InChI is InChI=1S/2C14H25NO6/c1-8(2)3-9-4-11(17)15(5-9)7-14(20)13(19)12(18)10(16)6-21-14;1-8(2)3-9-4-11(17)15(5-9)7-14(20)13(19)12(18)10(6-16)21-14/h2*8-10,12-13,16,18-20H,3-7H2,1-2H3/t9-,10+,12+,13-,14?;9?,10-,12-,13+,14+/m01/s1. The van der Waals surface area contributed by atoms with Crippen LogP contribution in [0.4, 0.5) is 0 Å². The maximum Gasteiger partial charge on any atom is 0.223 e. The van der Waals surface area contributed by atoms with Crippen LogP contribution >= 0.6 is 0 Å². The van der Waals surface area contributed by atoms with Crippen molar-refractivity contribution >= 4 is 11.8 Å². The van der Waals surface area contributed by atoms with Crippen LogP contribution in [0, 0.1) is 23.7 Å². The van der Waals surface area contributed by atoms with Crippen LogP contribution in [0.5, 0.6) is 0 Å². The third-order valence-corrected chi connectivity index (χ3v) is 8.42. The Morgan fingerprint density at radius 3 is 1.67 bits per heavy atom. The van der Waals surface area contributed by atoms with Crippen molar-refractivity contribution in [1.82, 2.24) is 9.80 Å². The minimum absolute atomic E-state index is 0.0909. The average molecular weight is 607 g/mol. The maximum absolute atomic E-state index is 12.0. The molecule has 14 nitrogen and oxygen atoms in total. The molecule has 14 heteroatoms. The molecular weight excluding hydrogens is 556 g/mol. The van der Waals surface area contributed by atoms with E-state index in [0.29, 0.717) is 37.8 Å². The van der Waals surface area contributed by atoms with Crippen LogP contribution in [0.2, 0.25) is 0 Å². The van der Waals surface area contributed by atoms with Gasteiger partial charge in [-0.3, -0.25) is 9.59 Å². The third kappa shape index (κ3) is 8.17. The number of carbonyl (C=O) groups excluding carboxylic acids is 2. The summed E-state index contributed by atoms with van der Waals surface area (Å²) in [5, 5.41) is 78.3. The van der Waals surface area contributed by atoms with Gasteiger partial charge < -0.3 is 60.1 Å². The molecule has 4 fully saturated rings. The van der Waals surface area contributed by atoms with E-state index in [2.05, 4.69) is 27.7 Å². The van der Waals surface area contributed by atoms with Crippen LogP contribution in [0.3, 0.4) is 0 Å². The Morgan fingerprint density at radius 1 is 0.786 bits per heavy atom. The molecule has 10 atom stereocenters. The zero-order chi connectivity index (χ0) is 31.6. The summed E-state index contributed by atoms with van der Waals surface area (Å²) in [7, 11) is 0. The molecule has 4 saturated heterocycles. The van der Waals surface area contributed by atoms with Gasteiger partial charge in [0.15, 0.2) is 0 Å². The second-order valence-electron chi connectivity index (χ2n) is 13.2. The highest BCUT2D eigenvalue weighted by Gasteiger charge is 2.55. The van der Waals surface area contributed by atoms with Crippen LogP contribution in [0.1, 0.15) is 53.4 Å². The van der Waals surface area contributed by atoms with Gasteiger partial charge in [-0.15, -0.1) is 0 Å². The van der Waals surface area contributed by atoms with Crippen molar-refractivity contribution in [3.05, 3.63) is 0 Å². The van der Waals surface area contributed by atoms with Gasteiger partial charge in [-0.25, -0.2) is 0 Å². The number of likely N-dealkylation sites (tertiary alicyclic amines) is 2. The minimum atomic E-state index is -2.04. The van der Waals surface area contributed by atoms with Crippen molar-refractivity contribution in [2.75, 3.05) is 39.4 Å². The molecular formula is C28H50N2O12. The lowest BCUT2D eigenvalue weighted by Gasteiger charge is -2.43. The van der Waals surface area contributed by atoms with E-state index < -0.39 is 54.8 Å². The van der Waals surface area contributed by atoms with Gasteiger partial charge in [0.25, 0.3) is 0 Å². The minimum Gasteiger partial charge on any atom is -0.394 e. The van der Waals surface area contributed by atoms with Crippen LogP contribution in [0.25, 0.3) is 0 Å². The molecule has 2 amide bonds. The van der Waals surface area contributed by atoms with Crippen LogP contribution in [-0.4, -0.2) is 150 Å². The first kappa shape index (κ1) is 35.0. The molecule has 0 saturated carbocycles. The van der Waals surface area contributed by atoms with E-state index in [1.54, 1.807) is 0 Å². The Morgan fingerprint density at radius 2 is 1.24 bits per heavy atom. The Hall–Kier alpha value is -1.46. The Kier molecular flexibility index (Phi) is 11.8. The first-order chi connectivity index (χ1) is 19.5. The summed E-state index contributed by atoms with van der Waals surface area (Å²) < 4.78 is 10.2. The number of nitrogens with zero attached hydrogens (tertiary/aromatic N) is 2. The molecule has 0 radical (unpaired) electrons. The average Bonchev–Trinajstić information content (AvgIpc) is 3.48. The summed E-state index contributed by atoms with van der Waals surface area (Å²) in [6.07, 6.45) is -5.66. The Labute approximate surface area is 246 Å². The van der Waals surface area contributed by atoms with Crippen molar-refractivity contribution in [3.8, 4) is 0 Å². The lowest BCUT2D eigenvalue weighted by Crippen LogP contribution is -2.64. The number of hydrogen-bond donors (Lipinski definition) is 8. The second kappa shape index (κ2) is 14.1. The quantitative estimate of drug-likeness (QED) is 0.135. The molecule has 244 valence electrons. The van der Waals surface area contributed by atoms with Gasteiger partial charge in [-0.1, -0.05) is 27.7 Å². The summed E-state index contributed by atoms with van der Waals surface area (Å²) in [6, 6.07) is 0. The normalized spacial score (nSPS) is 40.8. The lowest BCUT2D eigenvalue weighted by molar-refractivity contribution is -0.323. The van der Waals surface area contributed by atoms with E-state index in [0.717, 1.165) is 12.8 Å². The van der Waals surface area contributed by atoms with Gasteiger partial charge >= 0.3 is 0 Å². The lowest BCUT2D eigenvalue weighted by atomic mass is 9.96. The first-order valence-electron chi connectivity index (χ1n) is 14.8. The number of aliphatic hydroxyl groups is 8.